The SMILES string of the molecule is CCOC(=O)C(=[N+]=[N-])C(O)[C@H]1OC(C)(C)O[C@@H]1[C@@H](CO[Si](c1ccccc1)(c1ccccc1)C(C)(C)C)OC(C)=O. The zero-order chi connectivity index (χ0) is 30.4. The molecule has 10 nitrogen and oxygen atoms in total. The Labute approximate surface area is 242 Å². The van der Waals surface area contributed by atoms with E-state index >= 15 is 0 Å². The Morgan fingerprint density at radius 3 is 1.98 bits per heavy atom. The van der Waals surface area contributed by atoms with Gasteiger partial charge in [0, 0.05) is 6.92 Å². The smallest absolute Gasteiger partial charge is 0.419 e. The maximum absolute atomic E-state index is 12.4. The summed E-state index contributed by atoms with van der Waals surface area (Å²) in [6, 6.07) is 19.9. The second-order valence-corrected chi connectivity index (χ2v) is 15.6. The molecule has 2 aromatic rings. The number of carbonyl (C=O) groups is 2. The third-order valence-corrected chi connectivity index (χ3v) is 11.9. The second kappa shape index (κ2) is 13.2. The molecule has 1 fully saturated rings. The van der Waals surface area contributed by atoms with E-state index in [-0.39, 0.29) is 18.3 Å². The van der Waals surface area contributed by atoms with E-state index in [1.165, 1.54) is 6.92 Å². The van der Waals surface area contributed by atoms with Crippen LogP contribution in [0.1, 0.15) is 48.5 Å². The fraction of sp³-hybridized carbons (Fsp3) is 0.500. The molecule has 1 N–H and O–H groups in total. The van der Waals surface area contributed by atoms with Gasteiger partial charge in [0.1, 0.15) is 12.2 Å². The number of ether oxygens (including phenoxy) is 4. The topological polar surface area (TPSA) is 137 Å². The van der Waals surface area contributed by atoms with Gasteiger partial charge in [-0.25, -0.2) is 4.79 Å². The Morgan fingerprint density at radius 1 is 1.02 bits per heavy atom. The van der Waals surface area contributed by atoms with Crippen molar-refractivity contribution < 1.29 is 42.9 Å². The number of hydrogen-bond acceptors (Lipinski definition) is 8. The first-order valence-corrected chi connectivity index (χ1v) is 15.5. The van der Waals surface area contributed by atoms with Gasteiger partial charge < -0.3 is 34.0 Å². The molecular formula is C30H40N2O8Si. The standard InChI is InChI=1S/C30H40N2O8Si/c1-8-36-28(35)24(32-31)25(34)27-26(39-30(6,7)40-27)23(38-20(2)33)19-37-41(29(3,4)5,21-15-11-9-12-16-21)22-17-13-10-14-18-22/h9-18,23,25-27,34H,8,19H2,1-7H3/t23-,25?,26-,27-/m1/s1. The molecule has 1 saturated heterocycles. The average Bonchev–Trinajstić information content (AvgIpc) is 3.24. The number of nitrogens with zero attached hydrogens (tertiary/aromatic N) is 2. The van der Waals surface area contributed by atoms with Crippen molar-refractivity contribution >= 4 is 36.3 Å². The zero-order valence-corrected chi connectivity index (χ0v) is 25.7. The van der Waals surface area contributed by atoms with E-state index in [0.29, 0.717) is 0 Å². The van der Waals surface area contributed by atoms with Crippen molar-refractivity contribution in [3.63, 3.8) is 0 Å². The summed E-state index contributed by atoms with van der Waals surface area (Å²) in [5, 5.41) is 12.8. The van der Waals surface area contributed by atoms with Gasteiger partial charge in [-0.15, -0.1) is 0 Å². The Morgan fingerprint density at radius 2 is 1.54 bits per heavy atom. The van der Waals surface area contributed by atoms with Crippen molar-refractivity contribution in [2.75, 3.05) is 13.2 Å². The van der Waals surface area contributed by atoms with Crippen LogP contribution in [-0.2, 0) is 33.0 Å². The second-order valence-electron chi connectivity index (χ2n) is 11.3. The first kappa shape index (κ1) is 32.3. The summed E-state index contributed by atoms with van der Waals surface area (Å²) in [5.41, 5.74) is 8.88. The number of aliphatic hydroxyl groups is 1. The summed E-state index contributed by atoms with van der Waals surface area (Å²) in [4.78, 5) is 27.7. The Hall–Kier alpha value is -3.18. The van der Waals surface area contributed by atoms with Crippen molar-refractivity contribution in [1.29, 1.82) is 0 Å². The van der Waals surface area contributed by atoms with Gasteiger partial charge in [0.05, 0.1) is 13.2 Å². The summed E-state index contributed by atoms with van der Waals surface area (Å²) in [6.45, 7) is 12.4. The van der Waals surface area contributed by atoms with Gasteiger partial charge in [0.2, 0.25) is 0 Å². The molecule has 0 aliphatic carbocycles. The Kier molecular flexibility index (Phi) is 10.4. The van der Waals surface area contributed by atoms with Crippen LogP contribution < -0.4 is 10.4 Å². The molecule has 1 heterocycles. The maximum atomic E-state index is 12.4. The molecule has 41 heavy (non-hydrogen) atoms. The van der Waals surface area contributed by atoms with E-state index < -0.39 is 56.2 Å². The molecule has 1 unspecified atom stereocenters. The zero-order valence-electron chi connectivity index (χ0n) is 24.7. The van der Waals surface area contributed by atoms with Gasteiger partial charge in [-0.1, -0.05) is 81.4 Å². The highest BCUT2D eigenvalue weighted by Crippen LogP contribution is 2.38. The molecule has 0 amide bonds. The van der Waals surface area contributed by atoms with Crippen LogP contribution in [-0.4, -0.2) is 79.3 Å². The van der Waals surface area contributed by atoms with Gasteiger partial charge in [0.15, 0.2) is 18.0 Å². The molecule has 2 aromatic carbocycles. The van der Waals surface area contributed by atoms with Crippen molar-refractivity contribution in [2.45, 2.75) is 83.7 Å². The first-order valence-electron chi connectivity index (χ1n) is 13.6. The lowest BCUT2D eigenvalue weighted by molar-refractivity contribution is -0.173. The Bertz CT molecular complexity index is 1200. The highest BCUT2D eigenvalue weighted by atomic mass is 28.4. The minimum atomic E-state index is -3.04. The van der Waals surface area contributed by atoms with Crippen LogP contribution in [0.2, 0.25) is 5.04 Å². The third-order valence-electron chi connectivity index (χ3n) is 6.91. The minimum absolute atomic E-state index is 0.00389. The van der Waals surface area contributed by atoms with Crippen LogP contribution >= 0.6 is 0 Å². The molecular weight excluding hydrogens is 544 g/mol. The lowest BCUT2D eigenvalue weighted by atomic mass is 10.00. The molecule has 4 atom stereocenters. The average molecular weight is 585 g/mol. The highest BCUT2D eigenvalue weighted by Gasteiger charge is 2.56. The molecule has 11 heteroatoms. The molecule has 0 saturated carbocycles. The lowest BCUT2D eigenvalue weighted by Gasteiger charge is -2.44. The van der Waals surface area contributed by atoms with E-state index in [9.17, 15) is 20.2 Å². The molecule has 3 rings (SSSR count). The number of benzene rings is 2. The summed E-state index contributed by atoms with van der Waals surface area (Å²) in [6.07, 6.45) is -5.16. The molecule has 0 bridgehead atoms. The quantitative estimate of drug-likeness (QED) is 0.140. The highest BCUT2D eigenvalue weighted by molar-refractivity contribution is 6.99. The van der Waals surface area contributed by atoms with Crippen molar-refractivity contribution in [3.05, 3.63) is 66.2 Å². The summed E-state index contributed by atoms with van der Waals surface area (Å²) < 4.78 is 29.7. The van der Waals surface area contributed by atoms with Gasteiger partial charge in [0.25, 0.3) is 8.32 Å². The number of hydrogen-bond donors (Lipinski definition) is 1. The molecule has 1 aliphatic heterocycles. The normalized spacial score (nSPS) is 20.0. The largest absolute Gasteiger partial charge is 0.457 e. The van der Waals surface area contributed by atoms with E-state index in [1.54, 1.807) is 20.8 Å². The molecule has 0 aromatic heterocycles. The number of carbonyl (C=O) groups excluding carboxylic acids is 2. The summed E-state index contributed by atoms with van der Waals surface area (Å²) in [5.74, 6) is -2.84. The van der Waals surface area contributed by atoms with Crippen LogP contribution in [0.25, 0.3) is 5.53 Å². The molecule has 0 spiro atoms. The number of aliphatic hydroxyl groups excluding tert-OH is 1. The minimum Gasteiger partial charge on any atom is -0.457 e. The summed E-state index contributed by atoms with van der Waals surface area (Å²) in [7, 11) is -3.04. The predicted octanol–water partition coefficient (Wildman–Crippen LogP) is 2.61. The van der Waals surface area contributed by atoms with Crippen LogP contribution in [0.15, 0.2) is 60.7 Å². The first-order chi connectivity index (χ1) is 19.3. The van der Waals surface area contributed by atoms with Crippen LogP contribution in [0, 0.1) is 0 Å². The van der Waals surface area contributed by atoms with Crippen LogP contribution in [0.4, 0.5) is 0 Å². The summed E-state index contributed by atoms with van der Waals surface area (Å²) >= 11 is 0. The van der Waals surface area contributed by atoms with Crippen molar-refractivity contribution in [1.82, 2.24) is 0 Å². The number of rotatable bonds is 11. The van der Waals surface area contributed by atoms with E-state index in [2.05, 4.69) is 25.6 Å². The molecule has 1 aliphatic rings. The van der Waals surface area contributed by atoms with E-state index in [1.807, 2.05) is 60.7 Å². The van der Waals surface area contributed by atoms with Gasteiger partial charge >= 0.3 is 17.7 Å². The lowest BCUT2D eigenvalue weighted by Crippen LogP contribution is -2.67. The maximum Gasteiger partial charge on any atom is 0.419 e. The van der Waals surface area contributed by atoms with E-state index in [4.69, 9.17) is 23.4 Å². The third kappa shape index (κ3) is 7.18. The fourth-order valence-electron chi connectivity index (χ4n) is 5.31. The Balaban J connectivity index is 2.07. The van der Waals surface area contributed by atoms with Crippen LogP contribution in [0.5, 0.6) is 0 Å². The van der Waals surface area contributed by atoms with Gasteiger partial charge in [-0.2, -0.15) is 4.79 Å². The van der Waals surface area contributed by atoms with Gasteiger partial charge in [-0.3, -0.25) is 4.79 Å². The van der Waals surface area contributed by atoms with Crippen molar-refractivity contribution in [2.24, 2.45) is 0 Å². The van der Waals surface area contributed by atoms with Crippen molar-refractivity contribution in [3.8, 4) is 0 Å². The van der Waals surface area contributed by atoms with Crippen LogP contribution in [0.3, 0.4) is 0 Å². The van der Waals surface area contributed by atoms with E-state index in [0.717, 1.165) is 10.4 Å². The molecule has 222 valence electrons. The van der Waals surface area contributed by atoms with Gasteiger partial charge in [-0.05, 0) is 36.2 Å². The molecule has 0 radical (unpaired) electrons. The monoisotopic (exact) mass is 584 g/mol. The fourth-order valence-corrected chi connectivity index (χ4v) is 9.88. The number of esters is 2. The predicted molar refractivity (Wildman–Crippen MR) is 154 cm³/mol.